The van der Waals surface area contributed by atoms with E-state index in [1.807, 2.05) is 0 Å². The highest BCUT2D eigenvalue weighted by molar-refractivity contribution is 5.51. The van der Waals surface area contributed by atoms with Crippen LogP contribution in [-0.2, 0) is 4.79 Å². The molecule has 11 heavy (non-hydrogen) atoms. The fraction of sp³-hybridized carbons (Fsp3) is 0.857. The lowest BCUT2D eigenvalue weighted by molar-refractivity contribution is -0.0613. The molecule has 4 N–H and O–H groups in total. The van der Waals surface area contributed by atoms with Crippen molar-refractivity contribution in [2.45, 2.75) is 31.5 Å². The highest BCUT2D eigenvalue weighted by Gasteiger charge is 2.28. The van der Waals surface area contributed by atoms with Crippen LogP contribution in [0.15, 0.2) is 0 Å². The van der Waals surface area contributed by atoms with Gasteiger partial charge in [-0.05, 0) is 19.9 Å². The Labute approximate surface area is 66.0 Å². The third kappa shape index (κ3) is 3.46. The van der Waals surface area contributed by atoms with Crippen LogP contribution in [0.5, 0.6) is 0 Å². The number of hydrogen-bond acceptors (Lipinski definition) is 4. The Morgan fingerprint density at radius 3 is 2.64 bits per heavy atom. The quantitative estimate of drug-likeness (QED) is 0.479. The molecule has 0 aliphatic carbocycles. The van der Waals surface area contributed by atoms with Crippen LogP contribution in [0, 0.1) is 0 Å². The standard InChI is InChI=1S/C7H14NO3/c1-7(11,3-4-8)6(10)2-5-9/h6,10-11H,2-4,8H2,1H3. The van der Waals surface area contributed by atoms with Crippen molar-refractivity contribution in [3.8, 4) is 0 Å². The predicted molar refractivity (Wildman–Crippen MR) is 40.6 cm³/mol. The lowest BCUT2D eigenvalue weighted by Crippen LogP contribution is -2.41. The minimum atomic E-state index is -1.27. The van der Waals surface area contributed by atoms with Crippen molar-refractivity contribution in [3.05, 3.63) is 0 Å². The maximum atomic E-state index is 9.84. The summed E-state index contributed by atoms with van der Waals surface area (Å²) in [4.78, 5) is 9.84. The summed E-state index contributed by atoms with van der Waals surface area (Å²) < 4.78 is 0. The lowest BCUT2D eigenvalue weighted by atomic mass is 9.93. The zero-order chi connectivity index (χ0) is 8.91. The first-order valence-electron chi connectivity index (χ1n) is 3.50. The Bertz CT molecular complexity index is 125. The van der Waals surface area contributed by atoms with E-state index in [4.69, 9.17) is 10.8 Å². The molecule has 0 amide bonds. The van der Waals surface area contributed by atoms with Crippen LogP contribution >= 0.6 is 0 Å². The SMILES string of the molecule is CC(O)(CCN)C(O)C[C]=O. The van der Waals surface area contributed by atoms with Crippen LogP contribution in [-0.4, -0.2) is 34.7 Å². The molecule has 0 aliphatic rings. The maximum Gasteiger partial charge on any atom is 0.201 e. The van der Waals surface area contributed by atoms with Crippen LogP contribution in [0.3, 0.4) is 0 Å². The van der Waals surface area contributed by atoms with Gasteiger partial charge in [0.2, 0.25) is 6.29 Å². The highest BCUT2D eigenvalue weighted by Crippen LogP contribution is 2.15. The number of aliphatic hydroxyl groups is 2. The molecule has 2 unspecified atom stereocenters. The molecule has 4 nitrogen and oxygen atoms in total. The van der Waals surface area contributed by atoms with Gasteiger partial charge in [0.1, 0.15) is 0 Å². The summed E-state index contributed by atoms with van der Waals surface area (Å²) in [6.45, 7) is 1.73. The van der Waals surface area contributed by atoms with E-state index in [1.54, 1.807) is 0 Å². The van der Waals surface area contributed by atoms with Gasteiger partial charge in [-0.2, -0.15) is 0 Å². The number of nitrogens with two attached hydrogens (primary N) is 1. The normalized spacial score (nSPS) is 18.9. The summed E-state index contributed by atoms with van der Waals surface area (Å²) in [5, 5.41) is 18.5. The van der Waals surface area contributed by atoms with Crippen LogP contribution in [0.25, 0.3) is 0 Å². The molecule has 0 bridgehead atoms. The fourth-order valence-electron chi connectivity index (χ4n) is 0.758. The largest absolute Gasteiger partial charge is 0.390 e. The van der Waals surface area contributed by atoms with Gasteiger partial charge in [0.05, 0.1) is 11.7 Å². The number of aliphatic hydroxyl groups excluding tert-OH is 1. The third-order valence-electron chi connectivity index (χ3n) is 1.65. The minimum Gasteiger partial charge on any atom is -0.390 e. The highest BCUT2D eigenvalue weighted by atomic mass is 16.3. The van der Waals surface area contributed by atoms with Crippen LogP contribution in [0.1, 0.15) is 19.8 Å². The van der Waals surface area contributed by atoms with Gasteiger partial charge < -0.3 is 15.9 Å². The molecular weight excluding hydrogens is 146 g/mol. The summed E-state index contributed by atoms with van der Waals surface area (Å²) in [6.07, 6.45) is 0.565. The van der Waals surface area contributed by atoms with E-state index < -0.39 is 11.7 Å². The molecule has 0 saturated carbocycles. The number of hydrogen-bond donors (Lipinski definition) is 3. The molecule has 0 saturated heterocycles. The molecule has 4 heteroatoms. The molecule has 0 rings (SSSR count). The molecule has 0 spiro atoms. The first kappa shape index (κ1) is 10.6. The van der Waals surface area contributed by atoms with Gasteiger partial charge in [-0.15, -0.1) is 0 Å². The maximum absolute atomic E-state index is 9.84. The van der Waals surface area contributed by atoms with Gasteiger partial charge in [0, 0.05) is 6.42 Å². The Morgan fingerprint density at radius 2 is 2.27 bits per heavy atom. The van der Waals surface area contributed by atoms with Crippen molar-refractivity contribution in [2.75, 3.05) is 6.54 Å². The fourth-order valence-corrected chi connectivity index (χ4v) is 0.758. The van der Waals surface area contributed by atoms with Crippen molar-refractivity contribution in [2.24, 2.45) is 5.73 Å². The van der Waals surface area contributed by atoms with Gasteiger partial charge in [-0.25, -0.2) is 0 Å². The van der Waals surface area contributed by atoms with Gasteiger partial charge in [-0.1, -0.05) is 0 Å². The van der Waals surface area contributed by atoms with E-state index in [1.165, 1.54) is 13.2 Å². The van der Waals surface area contributed by atoms with Crippen molar-refractivity contribution >= 4 is 6.29 Å². The van der Waals surface area contributed by atoms with E-state index in [9.17, 15) is 9.90 Å². The van der Waals surface area contributed by atoms with Crippen molar-refractivity contribution in [1.29, 1.82) is 0 Å². The van der Waals surface area contributed by atoms with Crippen LogP contribution in [0.2, 0.25) is 0 Å². The average molecular weight is 160 g/mol. The summed E-state index contributed by atoms with van der Waals surface area (Å²) in [6, 6.07) is 0. The molecule has 65 valence electrons. The minimum absolute atomic E-state index is 0.174. The predicted octanol–water partition coefficient (Wildman–Crippen LogP) is -1.05. The smallest absolute Gasteiger partial charge is 0.201 e. The van der Waals surface area contributed by atoms with E-state index in [-0.39, 0.29) is 19.4 Å². The molecule has 0 fully saturated rings. The summed E-state index contributed by atoms with van der Waals surface area (Å²) >= 11 is 0. The number of rotatable bonds is 5. The van der Waals surface area contributed by atoms with Crippen molar-refractivity contribution in [1.82, 2.24) is 0 Å². The summed E-state index contributed by atoms with van der Waals surface area (Å²) in [7, 11) is 0. The van der Waals surface area contributed by atoms with Gasteiger partial charge in [-0.3, -0.25) is 4.79 Å². The summed E-state index contributed by atoms with van der Waals surface area (Å²) in [5.41, 5.74) is 3.91. The molecule has 0 aliphatic heterocycles. The zero-order valence-corrected chi connectivity index (χ0v) is 6.58. The lowest BCUT2D eigenvalue weighted by Gasteiger charge is -2.26. The Balaban J connectivity index is 3.93. The second-order valence-electron chi connectivity index (χ2n) is 2.76. The zero-order valence-electron chi connectivity index (χ0n) is 6.58. The summed E-state index contributed by atoms with van der Waals surface area (Å²) in [5.74, 6) is 0. The topological polar surface area (TPSA) is 83.6 Å². The molecule has 0 aromatic rings. The first-order chi connectivity index (χ1) is 5.04. The van der Waals surface area contributed by atoms with E-state index in [0.29, 0.717) is 0 Å². The van der Waals surface area contributed by atoms with Crippen molar-refractivity contribution in [3.63, 3.8) is 0 Å². The second kappa shape index (κ2) is 4.43. The molecule has 0 aromatic carbocycles. The second-order valence-corrected chi connectivity index (χ2v) is 2.76. The number of carbonyl (C=O) groups excluding carboxylic acids is 1. The van der Waals surface area contributed by atoms with Crippen molar-refractivity contribution < 1.29 is 15.0 Å². The van der Waals surface area contributed by atoms with Crippen LogP contribution < -0.4 is 5.73 Å². The first-order valence-corrected chi connectivity index (χ1v) is 3.50. The van der Waals surface area contributed by atoms with Gasteiger partial charge >= 0.3 is 0 Å². The average Bonchev–Trinajstić information content (AvgIpc) is 1.88. The van der Waals surface area contributed by atoms with Gasteiger partial charge in [0.25, 0.3) is 0 Å². The molecular formula is C7H14NO3. The Morgan fingerprint density at radius 1 is 1.73 bits per heavy atom. The molecule has 0 heterocycles. The van der Waals surface area contributed by atoms with E-state index in [2.05, 4.69) is 0 Å². The molecule has 2 atom stereocenters. The van der Waals surface area contributed by atoms with E-state index >= 15 is 0 Å². The molecule has 0 aromatic heterocycles. The monoisotopic (exact) mass is 160 g/mol. The van der Waals surface area contributed by atoms with E-state index in [0.717, 1.165) is 0 Å². The van der Waals surface area contributed by atoms with Crippen LogP contribution in [0.4, 0.5) is 0 Å². The van der Waals surface area contributed by atoms with Gasteiger partial charge in [0.15, 0.2) is 0 Å². The Kier molecular flexibility index (Phi) is 4.25. The third-order valence-corrected chi connectivity index (χ3v) is 1.65. The molecule has 1 radical (unpaired) electrons. The Hall–Kier alpha value is -0.450.